The van der Waals surface area contributed by atoms with Crippen molar-refractivity contribution < 1.29 is 14.3 Å². The molecule has 0 fully saturated rings. The molecule has 0 aliphatic heterocycles. The maximum absolute atomic E-state index is 13.5. The van der Waals surface area contributed by atoms with Crippen LogP contribution in [0.1, 0.15) is 35.6 Å². The number of nitrogens with zero attached hydrogens (tertiary/aromatic N) is 1. The van der Waals surface area contributed by atoms with Crippen LogP contribution in [0.25, 0.3) is 0 Å². The van der Waals surface area contributed by atoms with E-state index in [0.29, 0.717) is 25.3 Å². The first-order valence-corrected chi connectivity index (χ1v) is 11.8. The Morgan fingerprint density at radius 3 is 2.21 bits per heavy atom. The number of rotatable bonds is 11. The van der Waals surface area contributed by atoms with E-state index in [1.807, 2.05) is 99.6 Å². The highest BCUT2D eigenvalue weighted by molar-refractivity contribution is 5.88. The van der Waals surface area contributed by atoms with E-state index in [9.17, 15) is 9.59 Å². The molecule has 0 spiro atoms. The van der Waals surface area contributed by atoms with Crippen molar-refractivity contribution in [3.05, 3.63) is 101 Å². The van der Waals surface area contributed by atoms with Gasteiger partial charge in [0, 0.05) is 19.5 Å². The van der Waals surface area contributed by atoms with Crippen molar-refractivity contribution in [2.75, 3.05) is 13.2 Å². The highest BCUT2D eigenvalue weighted by Gasteiger charge is 2.30. The van der Waals surface area contributed by atoms with Crippen molar-refractivity contribution in [1.29, 1.82) is 0 Å². The van der Waals surface area contributed by atoms with E-state index in [4.69, 9.17) is 4.74 Å². The van der Waals surface area contributed by atoms with Crippen LogP contribution in [0, 0.1) is 13.8 Å². The van der Waals surface area contributed by atoms with Crippen LogP contribution in [0.2, 0.25) is 0 Å². The zero-order chi connectivity index (χ0) is 24.3. The minimum atomic E-state index is -0.649. The summed E-state index contributed by atoms with van der Waals surface area (Å²) < 4.78 is 5.94. The van der Waals surface area contributed by atoms with Crippen molar-refractivity contribution in [3.63, 3.8) is 0 Å². The number of carbonyl (C=O) groups is 2. The Balaban J connectivity index is 1.88. The van der Waals surface area contributed by atoms with Crippen LogP contribution in [-0.2, 0) is 22.6 Å². The Morgan fingerprint density at radius 2 is 1.56 bits per heavy atom. The quantitative estimate of drug-likeness (QED) is 0.447. The molecule has 3 aromatic carbocycles. The first-order chi connectivity index (χ1) is 16.5. The molecule has 3 aromatic rings. The fraction of sp³-hybridized carbons (Fsp3) is 0.310. The van der Waals surface area contributed by atoms with Gasteiger partial charge in [0.2, 0.25) is 5.91 Å². The zero-order valence-corrected chi connectivity index (χ0v) is 20.3. The molecule has 0 aliphatic carbocycles. The van der Waals surface area contributed by atoms with Crippen molar-refractivity contribution in [2.24, 2.45) is 0 Å². The van der Waals surface area contributed by atoms with Crippen molar-refractivity contribution in [2.45, 2.75) is 46.2 Å². The lowest BCUT2D eigenvalue weighted by molar-refractivity contribution is -0.142. The van der Waals surface area contributed by atoms with Gasteiger partial charge in [-0.25, -0.2) is 0 Å². The van der Waals surface area contributed by atoms with E-state index in [2.05, 4.69) is 5.32 Å². The number of hydrogen-bond acceptors (Lipinski definition) is 3. The third-order valence-corrected chi connectivity index (χ3v) is 5.71. The molecule has 0 saturated carbocycles. The second kappa shape index (κ2) is 12.6. The topological polar surface area (TPSA) is 58.6 Å². The lowest BCUT2D eigenvalue weighted by Crippen LogP contribution is -2.51. The molecule has 0 heterocycles. The Bertz CT molecular complexity index is 1070. The summed E-state index contributed by atoms with van der Waals surface area (Å²) in [4.78, 5) is 28.5. The normalized spacial score (nSPS) is 11.5. The molecule has 5 nitrogen and oxygen atoms in total. The fourth-order valence-corrected chi connectivity index (χ4v) is 3.79. The molecule has 5 heteroatoms. The maximum atomic E-state index is 13.5. The van der Waals surface area contributed by atoms with Crippen LogP contribution in [-0.4, -0.2) is 35.9 Å². The van der Waals surface area contributed by atoms with Crippen LogP contribution in [0.15, 0.2) is 78.9 Å². The van der Waals surface area contributed by atoms with Gasteiger partial charge in [0.05, 0.1) is 0 Å². The number of carbonyl (C=O) groups excluding carboxylic acids is 2. The SMILES string of the molecule is CCCNC(=O)[C@H](Cc1ccccc1)N(Cc1ccccc1)C(=O)COc1cc(C)ccc1C. The van der Waals surface area contributed by atoms with Gasteiger partial charge >= 0.3 is 0 Å². The summed E-state index contributed by atoms with van der Waals surface area (Å²) in [6, 6.07) is 24.8. The molecular weight excluding hydrogens is 424 g/mol. The Kier molecular flexibility index (Phi) is 9.27. The number of hydrogen-bond donors (Lipinski definition) is 1. The molecule has 1 atom stereocenters. The fourth-order valence-electron chi connectivity index (χ4n) is 3.79. The van der Waals surface area contributed by atoms with Crippen molar-refractivity contribution in [1.82, 2.24) is 10.2 Å². The molecule has 0 bridgehead atoms. The Labute approximate surface area is 202 Å². The third kappa shape index (κ3) is 7.20. The van der Waals surface area contributed by atoms with Gasteiger partial charge in [0.15, 0.2) is 6.61 Å². The molecule has 178 valence electrons. The summed E-state index contributed by atoms with van der Waals surface area (Å²) in [6.07, 6.45) is 1.25. The highest BCUT2D eigenvalue weighted by atomic mass is 16.5. The van der Waals surface area contributed by atoms with Gasteiger partial charge in [-0.1, -0.05) is 79.7 Å². The summed E-state index contributed by atoms with van der Waals surface area (Å²) in [5, 5.41) is 2.99. The van der Waals surface area contributed by atoms with Gasteiger partial charge in [-0.2, -0.15) is 0 Å². The number of amides is 2. The Hall–Kier alpha value is -3.60. The van der Waals surface area contributed by atoms with Crippen LogP contribution in [0.5, 0.6) is 5.75 Å². The minimum absolute atomic E-state index is 0.135. The number of nitrogens with one attached hydrogen (secondary N) is 1. The number of ether oxygens (including phenoxy) is 1. The second-order valence-corrected chi connectivity index (χ2v) is 8.56. The molecule has 0 aliphatic rings. The summed E-state index contributed by atoms with van der Waals surface area (Å²) in [5.74, 6) is 0.308. The van der Waals surface area contributed by atoms with E-state index < -0.39 is 6.04 Å². The van der Waals surface area contributed by atoms with E-state index >= 15 is 0 Å². The van der Waals surface area contributed by atoms with E-state index in [0.717, 1.165) is 28.7 Å². The molecule has 34 heavy (non-hydrogen) atoms. The van der Waals surface area contributed by atoms with Crippen LogP contribution in [0.4, 0.5) is 0 Å². The van der Waals surface area contributed by atoms with Gasteiger partial charge in [-0.3, -0.25) is 9.59 Å². The minimum Gasteiger partial charge on any atom is -0.483 e. The zero-order valence-electron chi connectivity index (χ0n) is 20.3. The predicted octanol–water partition coefficient (Wildman–Crippen LogP) is 4.85. The monoisotopic (exact) mass is 458 g/mol. The van der Waals surface area contributed by atoms with Crippen LogP contribution in [0.3, 0.4) is 0 Å². The highest BCUT2D eigenvalue weighted by Crippen LogP contribution is 2.20. The maximum Gasteiger partial charge on any atom is 0.261 e. The van der Waals surface area contributed by atoms with Gasteiger partial charge in [0.1, 0.15) is 11.8 Å². The molecule has 2 amide bonds. The van der Waals surface area contributed by atoms with E-state index in [-0.39, 0.29) is 18.4 Å². The standard InChI is InChI=1S/C29H34N2O3/c1-4-17-30-29(33)26(19-24-11-7-5-8-12-24)31(20-25-13-9-6-10-14-25)28(32)21-34-27-18-22(2)15-16-23(27)3/h5-16,18,26H,4,17,19-21H2,1-3H3,(H,30,33)/t26-/m0/s1. The summed E-state index contributed by atoms with van der Waals surface area (Å²) in [6.45, 7) is 6.71. The Morgan fingerprint density at radius 1 is 0.912 bits per heavy atom. The third-order valence-electron chi connectivity index (χ3n) is 5.71. The van der Waals surface area contributed by atoms with Crippen LogP contribution >= 0.6 is 0 Å². The average molecular weight is 459 g/mol. The predicted molar refractivity (Wildman–Crippen MR) is 136 cm³/mol. The first-order valence-electron chi connectivity index (χ1n) is 11.8. The average Bonchev–Trinajstić information content (AvgIpc) is 2.86. The van der Waals surface area contributed by atoms with Crippen LogP contribution < -0.4 is 10.1 Å². The molecule has 3 rings (SSSR count). The first kappa shape index (κ1) is 25.0. The number of aryl methyl sites for hydroxylation is 2. The van der Waals surface area contributed by atoms with Gasteiger partial charge in [-0.05, 0) is 48.6 Å². The smallest absolute Gasteiger partial charge is 0.261 e. The van der Waals surface area contributed by atoms with E-state index in [1.54, 1.807) is 4.90 Å². The molecule has 0 radical (unpaired) electrons. The van der Waals surface area contributed by atoms with E-state index in [1.165, 1.54) is 0 Å². The van der Waals surface area contributed by atoms with Gasteiger partial charge in [0.25, 0.3) is 5.91 Å². The van der Waals surface area contributed by atoms with Crippen molar-refractivity contribution >= 4 is 11.8 Å². The lowest BCUT2D eigenvalue weighted by Gasteiger charge is -2.31. The van der Waals surface area contributed by atoms with Gasteiger partial charge in [-0.15, -0.1) is 0 Å². The number of benzene rings is 3. The molecule has 0 saturated heterocycles. The lowest BCUT2D eigenvalue weighted by atomic mass is 10.0. The molecule has 0 aromatic heterocycles. The molecular formula is C29H34N2O3. The largest absolute Gasteiger partial charge is 0.483 e. The summed E-state index contributed by atoms with van der Waals surface area (Å²) in [7, 11) is 0. The summed E-state index contributed by atoms with van der Waals surface area (Å²) >= 11 is 0. The molecule has 1 N–H and O–H groups in total. The van der Waals surface area contributed by atoms with Crippen molar-refractivity contribution in [3.8, 4) is 5.75 Å². The summed E-state index contributed by atoms with van der Waals surface area (Å²) in [5.41, 5.74) is 3.99. The molecule has 0 unspecified atom stereocenters. The second-order valence-electron chi connectivity index (χ2n) is 8.56. The van der Waals surface area contributed by atoms with Gasteiger partial charge < -0.3 is 15.0 Å².